The summed E-state index contributed by atoms with van der Waals surface area (Å²) < 4.78 is 7.07. The molecule has 0 aliphatic carbocycles. The minimum Gasteiger partial charge on any atom is -0.337 e. The van der Waals surface area contributed by atoms with E-state index >= 15 is 0 Å². The third kappa shape index (κ3) is 2.28. The van der Waals surface area contributed by atoms with Crippen LogP contribution in [0, 0.1) is 13.8 Å². The largest absolute Gasteiger partial charge is 0.337 e. The maximum atomic E-state index is 5.70. The number of aromatic nitrogens is 4. The van der Waals surface area contributed by atoms with Crippen molar-refractivity contribution >= 4 is 0 Å². The number of nitrogens with two attached hydrogens (primary N) is 1. The third-order valence-corrected chi connectivity index (χ3v) is 3.02. The molecule has 2 heterocycles. The number of hydrogen-bond donors (Lipinski definition) is 1. The summed E-state index contributed by atoms with van der Waals surface area (Å²) in [6.45, 7) is 9.01. The molecule has 0 fully saturated rings. The van der Waals surface area contributed by atoms with E-state index in [1.807, 2.05) is 32.4 Å². The van der Waals surface area contributed by atoms with E-state index in [0.717, 1.165) is 22.8 Å². The van der Waals surface area contributed by atoms with Gasteiger partial charge in [0.1, 0.15) is 6.54 Å². The molecule has 0 bridgehead atoms. The summed E-state index contributed by atoms with van der Waals surface area (Å²) >= 11 is 0. The summed E-state index contributed by atoms with van der Waals surface area (Å²) in [5.74, 6) is 1.57. The molecule has 0 atom stereocenters. The number of hydrogen-bond acceptors (Lipinski definition) is 5. The minimum atomic E-state index is 0.266. The fourth-order valence-electron chi connectivity index (χ4n) is 1.88. The smallest absolute Gasteiger partial charge is 0.248 e. The highest BCUT2D eigenvalue weighted by molar-refractivity contribution is 5.24. The molecule has 0 aromatic carbocycles. The van der Waals surface area contributed by atoms with E-state index in [-0.39, 0.29) is 5.92 Å². The van der Waals surface area contributed by atoms with Gasteiger partial charge in [-0.2, -0.15) is 10.1 Å². The zero-order valence-corrected chi connectivity index (χ0v) is 11.3. The second-order valence-corrected chi connectivity index (χ2v) is 4.71. The Hall–Kier alpha value is -1.69. The fraction of sp³-hybridized carbons (Fsp3) is 0.583. The zero-order chi connectivity index (χ0) is 13.3. The van der Waals surface area contributed by atoms with Crippen LogP contribution in [0.4, 0.5) is 0 Å². The summed E-state index contributed by atoms with van der Waals surface area (Å²) in [7, 11) is 0. The highest BCUT2D eigenvalue weighted by atomic mass is 16.5. The molecule has 2 N–H and O–H groups in total. The van der Waals surface area contributed by atoms with Crippen LogP contribution < -0.4 is 5.73 Å². The lowest BCUT2D eigenvalue weighted by Gasteiger charge is -2.00. The van der Waals surface area contributed by atoms with Crippen molar-refractivity contribution in [1.29, 1.82) is 0 Å². The molecule has 2 rings (SSSR count). The van der Waals surface area contributed by atoms with Gasteiger partial charge in [0.05, 0.1) is 5.69 Å². The second-order valence-electron chi connectivity index (χ2n) is 4.71. The van der Waals surface area contributed by atoms with E-state index in [1.165, 1.54) is 0 Å². The predicted octanol–water partition coefficient (Wildman–Crippen LogP) is 1.51. The fourth-order valence-corrected chi connectivity index (χ4v) is 1.88. The maximum absolute atomic E-state index is 5.70. The normalized spacial score (nSPS) is 11.4. The molecule has 0 unspecified atom stereocenters. The van der Waals surface area contributed by atoms with Gasteiger partial charge in [-0.1, -0.05) is 19.0 Å². The molecule has 6 nitrogen and oxygen atoms in total. The summed E-state index contributed by atoms with van der Waals surface area (Å²) in [6, 6.07) is 0. The van der Waals surface area contributed by atoms with Gasteiger partial charge < -0.3 is 10.3 Å². The van der Waals surface area contributed by atoms with Gasteiger partial charge >= 0.3 is 0 Å². The molecule has 0 aliphatic rings. The first-order chi connectivity index (χ1) is 8.52. The van der Waals surface area contributed by atoms with Crippen LogP contribution in [-0.2, 0) is 13.1 Å². The second kappa shape index (κ2) is 4.89. The van der Waals surface area contributed by atoms with Crippen LogP contribution in [0.5, 0.6) is 0 Å². The monoisotopic (exact) mass is 249 g/mol. The van der Waals surface area contributed by atoms with Crippen molar-refractivity contribution in [1.82, 2.24) is 19.9 Å². The van der Waals surface area contributed by atoms with Crippen LogP contribution in [0.25, 0.3) is 0 Å². The van der Waals surface area contributed by atoms with E-state index in [2.05, 4.69) is 15.2 Å². The first kappa shape index (κ1) is 12.8. The SMILES string of the molecule is Cc1nn(Cc2nc(C(C)C)no2)c(C)c1CN. The Labute approximate surface area is 106 Å². The van der Waals surface area contributed by atoms with E-state index in [0.29, 0.717) is 19.0 Å². The van der Waals surface area contributed by atoms with Crippen molar-refractivity contribution in [2.75, 3.05) is 0 Å². The molecular formula is C12H19N5O. The molecule has 98 valence electrons. The number of nitrogens with zero attached hydrogens (tertiary/aromatic N) is 4. The Morgan fingerprint density at radius 1 is 1.33 bits per heavy atom. The van der Waals surface area contributed by atoms with E-state index < -0.39 is 0 Å². The van der Waals surface area contributed by atoms with E-state index in [9.17, 15) is 0 Å². The lowest BCUT2D eigenvalue weighted by atomic mass is 10.2. The van der Waals surface area contributed by atoms with Crippen molar-refractivity contribution in [2.24, 2.45) is 5.73 Å². The lowest BCUT2D eigenvalue weighted by Crippen LogP contribution is -2.06. The molecule has 0 amide bonds. The van der Waals surface area contributed by atoms with Crippen molar-refractivity contribution < 1.29 is 4.52 Å². The average molecular weight is 249 g/mol. The molecule has 0 saturated heterocycles. The number of rotatable bonds is 4. The van der Waals surface area contributed by atoms with Crippen LogP contribution in [0.2, 0.25) is 0 Å². The highest BCUT2D eigenvalue weighted by Gasteiger charge is 2.14. The Morgan fingerprint density at radius 2 is 2.06 bits per heavy atom. The molecule has 0 spiro atoms. The van der Waals surface area contributed by atoms with Gasteiger partial charge in [0.25, 0.3) is 0 Å². The highest BCUT2D eigenvalue weighted by Crippen LogP contribution is 2.15. The minimum absolute atomic E-state index is 0.266. The van der Waals surface area contributed by atoms with Crippen LogP contribution >= 0.6 is 0 Å². The molecule has 0 aliphatic heterocycles. The van der Waals surface area contributed by atoms with Gasteiger partial charge in [-0.15, -0.1) is 0 Å². The third-order valence-electron chi connectivity index (χ3n) is 3.02. The van der Waals surface area contributed by atoms with Gasteiger partial charge in [0.15, 0.2) is 5.82 Å². The lowest BCUT2D eigenvalue weighted by molar-refractivity contribution is 0.358. The van der Waals surface area contributed by atoms with Crippen molar-refractivity contribution in [2.45, 2.75) is 46.7 Å². The number of aryl methyl sites for hydroxylation is 1. The van der Waals surface area contributed by atoms with Crippen LogP contribution in [0.3, 0.4) is 0 Å². The summed E-state index contributed by atoms with van der Waals surface area (Å²) in [6.07, 6.45) is 0. The Kier molecular flexibility index (Phi) is 3.47. The summed E-state index contributed by atoms with van der Waals surface area (Å²) in [5, 5.41) is 8.38. The Morgan fingerprint density at radius 3 is 2.56 bits per heavy atom. The van der Waals surface area contributed by atoms with Crippen molar-refractivity contribution in [3.05, 3.63) is 28.7 Å². The van der Waals surface area contributed by atoms with Gasteiger partial charge in [-0.3, -0.25) is 4.68 Å². The average Bonchev–Trinajstić information content (AvgIpc) is 2.86. The molecule has 0 saturated carbocycles. The van der Waals surface area contributed by atoms with Crippen molar-refractivity contribution in [3.8, 4) is 0 Å². The predicted molar refractivity (Wildman–Crippen MR) is 67.1 cm³/mol. The first-order valence-electron chi connectivity index (χ1n) is 6.08. The topological polar surface area (TPSA) is 82.8 Å². The van der Waals surface area contributed by atoms with Gasteiger partial charge in [-0.25, -0.2) is 0 Å². The van der Waals surface area contributed by atoms with Crippen LogP contribution in [-0.4, -0.2) is 19.9 Å². The van der Waals surface area contributed by atoms with Gasteiger partial charge in [-0.05, 0) is 13.8 Å². The molecular weight excluding hydrogens is 230 g/mol. The molecule has 6 heteroatoms. The quantitative estimate of drug-likeness (QED) is 0.888. The maximum Gasteiger partial charge on any atom is 0.248 e. The summed E-state index contributed by atoms with van der Waals surface area (Å²) in [4.78, 5) is 4.34. The van der Waals surface area contributed by atoms with Gasteiger partial charge in [0.2, 0.25) is 5.89 Å². The van der Waals surface area contributed by atoms with Gasteiger partial charge in [0, 0.05) is 23.7 Å². The van der Waals surface area contributed by atoms with E-state index in [1.54, 1.807) is 0 Å². The van der Waals surface area contributed by atoms with E-state index in [4.69, 9.17) is 10.3 Å². The first-order valence-corrected chi connectivity index (χ1v) is 6.08. The molecule has 0 radical (unpaired) electrons. The zero-order valence-electron chi connectivity index (χ0n) is 11.3. The standard InChI is InChI=1S/C12H19N5O/c1-7(2)12-14-11(18-16-12)6-17-9(4)10(5-13)8(3)15-17/h7H,5-6,13H2,1-4H3. The molecule has 2 aromatic heterocycles. The molecule has 18 heavy (non-hydrogen) atoms. The van der Waals surface area contributed by atoms with Crippen molar-refractivity contribution in [3.63, 3.8) is 0 Å². The molecule has 2 aromatic rings. The Bertz CT molecular complexity index is 541. The summed E-state index contributed by atoms with van der Waals surface area (Å²) in [5.41, 5.74) is 8.79. The Balaban J connectivity index is 2.23. The van der Waals surface area contributed by atoms with Crippen LogP contribution in [0.1, 0.15) is 48.4 Å². The van der Waals surface area contributed by atoms with Crippen LogP contribution in [0.15, 0.2) is 4.52 Å².